The number of rotatable bonds is 7. The summed E-state index contributed by atoms with van der Waals surface area (Å²) in [5.41, 5.74) is 0.778. The summed E-state index contributed by atoms with van der Waals surface area (Å²) in [5, 5.41) is 7.93. The number of nitrogens with zero attached hydrogens (tertiary/aromatic N) is 4. The van der Waals surface area contributed by atoms with E-state index >= 15 is 0 Å². The molecule has 2 aromatic carbocycles. The highest BCUT2D eigenvalue weighted by molar-refractivity contribution is 9.10. The van der Waals surface area contributed by atoms with E-state index < -0.39 is 15.9 Å². The Morgan fingerprint density at radius 1 is 1.03 bits per heavy atom. The molecule has 0 aliphatic rings. The van der Waals surface area contributed by atoms with Gasteiger partial charge in [-0.3, -0.25) is 4.79 Å². The molecule has 0 unspecified atom stereocenters. The van der Waals surface area contributed by atoms with E-state index in [1.807, 2.05) is 30.3 Å². The Balaban J connectivity index is 1.63. The van der Waals surface area contributed by atoms with Crippen molar-refractivity contribution in [3.63, 3.8) is 0 Å². The van der Waals surface area contributed by atoms with Gasteiger partial charge < -0.3 is 9.32 Å². The fourth-order valence-corrected chi connectivity index (χ4v) is 3.87. The summed E-state index contributed by atoms with van der Waals surface area (Å²) in [5.74, 6) is 0.224. The number of hydrogen-bond acceptors (Lipinski definition) is 6. The van der Waals surface area contributed by atoms with Crippen molar-refractivity contribution in [2.45, 2.75) is 11.4 Å². The summed E-state index contributed by atoms with van der Waals surface area (Å²) >= 11 is 3.27. The first-order chi connectivity index (χ1) is 13.8. The zero-order valence-electron chi connectivity index (χ0n) is 15.8. The maximum atomic E-state index is 12.6. The fraction of sp³-hybridized carbons (Fsp3) is 0.211. The smallest absolute Gasteiger partial charge is 0.247 e. The maximum absolute atomic E-state index is 12.6. The normalized spacial score (nSPS) is 11.6. The summed E-state index contributed by atoms with van der Waals surface area (Å²) < 4.78 is 32.6. The summed E-state index contributed by atoms with van der Waals surface area (Å²) in [6, 6.07) is 15.5. The monoisotopic (exact) mass is 478 g/mol. The van der Waals surface area contributed by atoms with E-state index in [0.29, 0.717) is 5.89 Å². The third-order valence-electron chi connectivity index (χ3n) is 4.17. The van der Waals surface area contributed by atoms with Crippen molar-refractivity contribution in [2.24, 2.45) is 0 Å². The number of benzene rings is 2. The number of amides is 1. The average molecular weight is 479 g/mol. The Labute approximate surface area is 177 Å². The Kier molecular flexibility index (Phi) is 6.46. The van der Waals surface area contributed by atoms with Crippen LogP contribution in [0.1, 0.15) is 5.89 Å². The Bertz CT molecular complexity index is 1080. The molecular weight excluding hydrogens is 460 g/mol. The van der Waals surface area contributed by atoms with Crippen molar-refractivity contribution in [3.8, 4) is 11.5 Å². The number of sulfonamides is 1. The lowest BCUT2D eigenvalue weighted by atomic mass is 10.2. The predicted octanol–water partition coefficient (Wildman–Crippen LogP) is 2.78. The van der Waals surface area contributed by atoms with Crippen molar-refractivity contribution >= 4 is 31.9 Å². The van der Waals surface area contributed by atoms with Crippen molar-refractivity contribution in [2.75, 3.05) is 20.6 Å². The maximum Gasteiger partial charge on any atom is 0.247 e. The van der Waals surface area contributed by atoms with E-state index in [4.69, 9.17) is 4.42 Å². The van der Waals surface area contributed by atoms with Crippen molar-refractivity contribution in [1.82, 2.24) is 19.4 Å². The Morgan fingerprint density at radius 2 is 1.69 bits per heavy atom. The van der Waals surface area contributed by atoms with Crippen LogP contribution >= 0.6 is 15.9 Å². The molecule has 1 heterocycles. The van der Waals surface area contributed by atoms with Gasteiger partial charge in [0.2, 0.25) is 27.7 Å². The van der Waals surface area contributed by atoms with E-state index in [2.05, 4.69) is 26.1 Å². The zero-order valence-corrected chi connectivity index (χ0v) is 18.2. The van der Waals surface area contributed by atoms with E-state index in [1.54, 1.807) is 19.2 Å². The van der Waals surface area contributed by atoms with Crippen LogP contribution in [0.25, 0.3) is 11.5 Å². The first kappa shape index (κ1) is 21.2. The quantitative estimate of drug-likeness (QED) is 0.517. The van der Waals surface area contributed by atoms with Crippen molar-refractivity contribution in [1.29, 1.82) is 0 Å². The summed E-state index contributed by atoms with van der Waals surface area (Å²) in [6.07, 6.45) is 0. The molecule has 3 rings (SSSR count). The predicted molar refractivity (Wildman–Crippen MR) is 110 cm³/mol. The highest BCUT2D eigenvalue weighted by Crippen LogP contribution is 2.19. The van der Waals surface area contributed by atoms with Gasteiger partial charge in [0.25, 0.3) is 0 Å². The van der Waals surface area contributed by atoms with Crippen LogP contribution in [0.2, 0.25) is 0 Å². The number of likely N-dealkylation sites (N-methyl/N-ethyl adjacent to an activating group) is 2. The van der Waals surface area contributed by atoms with Crippen LogP contribution < -0.4 is 0 Å². The molecule has 0 atom stereocenters. The molecule has 0 N–H and O–H groups in total. The largest absolute Gasteiger partial charge is 0.419 e. The van der Waals surface area contributed by atoms with E-state index in [0.717, 1.165) is 14.3 Å². The number of halogens is 1. The van der Waals surface area contributed by atoms with Gasteiger partial charge in [-0.15, -0.1) is 10.2 Å². The molecule has 0 saturated heterocycles. The van der Waals surface area contributed by atoms with Gasteiger partial charge in [0.15, 0.2) is 0 Å². The highest BCUT2D eigenvalue weighted by Gasteiger charge is 2.25. The van der Waals surface area contributed by atoms with E-state index in [-0.39, 0.29) is 23.9 Å². The molecule has 8 nitrogen and oxygen atoms in total. The van der Waals surface area contributed by atoms with Gasteiger partial charge in [-0.1, -0.05) is 34.1 Å². The molecule has 29 heavy (non-hydrogen) atoms. The molecule has 0 spiro atoms. The van der Waals surface area contributed by atoms with Crippen LogP contribution in [0, 0.1) is 0 Å². The van der Waals surface area contributed by atoms with Crippen LogP contribution in [-0.2, 0) is 21.4 Å². The first-order valence-corrected chi connectivity index (χ1v) is 10.8. The SMILES string of the molecule is CN(Cc1nnc(-c2ccccc2)o1)C(=O)CN(C)S(=O)(=O)c1ccc(Br)cc1. The molecule has 0 bridgehead atoms. The lowest BCUT2D eigenvalue weighted by Crippen LogP contribution is -2.39. The molecule has 0 aliphatic heterocycles. The minimum absolute atomic E-state index is 0.0742. The molecule has 1 amide bonds. The molecule has 10 heteroatoms. The van der Waals surface area contributed by atoms with Crippen LogP contribution in [0.15, 0.2) is 68.4 Å². The molecule has 3 aromatic rings. The highest BCUT2D eigenvalue weighted by atomic mass is 79.9. The van der Waals surface area contributed by atoms with E-state index in [9.17, 15) is 13.2 Å². The minimum atomic E-state index is -3.78. The van der Waals surface area contributed by atoms with Crippen LogP contribution in [0.5, 0.6) is 0 Å². The number of aromatic nitrogens is 2. The van der Waals surface area contributed by atoms with Gasteiger partial charge in [0, 0.05) is 24.1 Å². The van der Waals surface area contributed by atoms with Crippen LogP contribution in [0.4, 0.5) is 0 Å². The summed E-state index contributed by atoms with van der Waals surface area (Å²) in [7, 11) is -0.861. The van der Waals surface area contributed by atoms with E-state index in [1.165, 1.54) is 24.1 Å². The van der Waals surface area contributed by atoms with Gasteiger partial charge >= 0.3 is 0 Å². The topological polar surface area (TPSA) is 96.6 Å². The Hall–Kier alpha value is -2.56. The molecule has 0 saturated carbocycles. The number of carbonyl (C=O) groups is 1. The number of carbonyl (C=O) groups excluding carboxylic acids is 1. The van der Waals surface area contributed by atoms with Crippen LogP contribution in [-0.4, -0.2) is 54.4 Å². The summed E-state index contributed by atoms with van der Waals surface area (Å²) in [4.78, 5) is 13.9. The minimum Gasteiger partial charge on any atom is -0.419 e. The zero-order chi connectivity index (χ0) is 21.0. The van der Waals surface area contributed by atoms with Gasteiger partial charge in [-0.25, -0.2) is 8.42 Å². The third-order valence-corrected chi connectivity index (χ3v) is 6.51. The second-order valence-corrected chi connectivity index (χ2v) is 9.29. The molecular formula is C19H19BrN4O4S. The van der Waals surface area contributed by atoms with Gasteiger partial charge in [0.05, 0.1) is 18.0 Å². The molecule has 0 aliphatic carbocycles. The lowest BCUT2D eigenvalue weighted by molar-refractivity contribution is -0.130. The van der Waals surface area contributed by atoms with Crippen molar-refractivity contribution in [3.05, 3.63) is 65.0 Å². The molecule has 0 fully saturated rings. The fourth-order valence-electron chi connectivity index (χ4n) is 2.49. The van der Waals surface area contributed by atoms with Gasteiger partial charge in [-0.05, 0) is 36.4 Å². The number of hydrogen-bond donors (Lipinski definition) is 0. The Morgan fingerprint density at radius 3 is 2.34 bits per heavy atom. The molecule has 1 aromatic heterocycles. The molecule has 152 valence electrons. The van der Waals surface area contributed by atoms with Gasteiger partial charge in [-0.2, -0.15) is 4.31 Å². The van der Waals surface area contributed by atoms with Gasteiger partial charge in [0.1, 0.15) is 0 Å². The first-order valence-electron chi connectivity index (χ1n) is 8.61. The lowest BCUT2D eigenvalue weighted by Gasteiger charge is -2.20. The standard InChI is InChI=1S/C19H19BrN4O4S/c1-23(12-17-21-22-19(28-17)14-6-4-3-5-7-14)18(25)13-24(2)29(26,27)16-10-8-15(20)9-11-16/h3-11H,12-13H2,1-2H3. The molecule has 0 radical (unpaired) electrons. The average Bonchev–Trinajstić information content (AvgIpc) is 3.17. The van der Waals surface area contributed by atoms with Crippen molar-refractivity contribution < 1.29 is 17.6 Å². The summed E-state index contributed by atoms with van der Waals surface area (Å²) in [6.45, 7) is -0.237. The van der Waals surface area contributed by atoms with Crippen LogP contribution in [0.3, 0.4) is 0 Å². The third kappa shape index (κ3) is 5.08. The second kappa shape index (κ2) is 8.85. The second-order valence-electron chi connectivity index (χ2n) is 6.33.